The largest absolute Gasteiger partial charge is 0.371 e. The van der Waals surface area contributed by atoms with Crippen LogP contribution in [0.5, 0.6) is 0 Å². The average Bonchev–Trinajstić information content (AvgIpc) is 3.21. The minimum Gasteiger partial charge on any atom is -0.312 e. The van der Waals surface area contributed by atoms with E-state index in [1.807, 2.05) is 49.4 Å². The van der Waals surface area contributed by atoms with Gasteiger partial charge in [0.25, 0.3) is 6.43 Å². The van der Waals surface area contributed by atoms with E-state index in [4.69, 9.17) is 4.84 Å². The predicted octanol–water partition coefficient (Wildman–Crippen LogP) is 5.22. The van der Waals surface area contributed by atoms with E-state index in [0.717, 1.165) is 21.8 Å². The van der Waals surface area contributed by atoms with Crippen LogP contribution in [0.4, 0.5) is 8.78 Å². The van der Waals surface area contributed by atoms with Crippen molar-refractivity contribution in [3.63, 3.8) is 0 Å². The van der Waals surface area contributed by atoms with Crippen molar-refractivity contribution in [2.24, 2.45) is 5.16 Å². The van der Waals surface area contributed by atoms with Crippen LogP contribution in [-0.2, 0) is 4.84 Å². The molecule has 0 aliphatic rings. The van der Waals surface area contributed by atoms with Crippen molar-refractivity contribution >= 4 is 17.3 Å². The van der Waals surface area contributed by atoms with E-state index < -0.39 is 12.4 Å². The Morgan fingerprint density at radius 2 is 1.81 bits per heavy atom. The first-order chi connectivity index (χ1) is 14.9. The highest BCUT2D eigenvalue weighted by Gasteiger charge is 2.22. The number of aryl methyl sites for hydroxylation is 1. The number of halogens is 2. The topological polar surface area (TPSA) is 68.8 Å². The number of aromatic nitrogens is 3. The van der Waals surface area contributed by atoms with Gasteiger partial charge in [0.05, 0.1) is 17.6 Å². The van der Waals surface area contributed by atoms with Gasteiger partial charge in [-0.05, 0) is 25.5 Å². The normalized spacial score (nSPS) is 11.8. The molecule has 0 aliphatic heterocycles. The fraction of sp³-hybridized carbons (Fsp3) is 0.130. The van der Waals surface area contributed by atoms with Gasteiger partial charge in [-0.25, -0.2) is 23.1 Å². The molecule has 0 spiro atoms. The second kappa shape index (κ2) is 8.43. The number of hydrogen-bond donors (Lipinski definition) is 0. The summed E-state index contributed by atoms with van der Waals surface area (Å²) in [5.41, 5.74) is 2.81. The SMILES string of the molecule is C/C(=N/OC(=O)c1cnn2c(C(F)F)cc(-c3ccc(C)cc3)nc12)c1ccccc1. The summed E-state index contributed by atoms with van der Waals surface area (Å²) in [5.74, 6) is -0.834. The van der Waals surface area contributed by atoms with Crippen molar-refractivity contribution in [1.82, 2.24) is 14.6 Å². The molecule has 2 heterocycles. The number of oxime groups is 1. The van der Waals surface area contributed by atoms with Gasteiger partial charge in [-0.3, -0.25) is 0 Å². The molecule has 0 amide bonds. The molecule has 31 heavy (non-hydrogen) atoms. The smallest absolute Gasteiger partial charge is 0.312 e. The lowest BCUT2D eigenvalue weighted by Gasteiger charge is -2.08. The number of rotatable bonds is 5. The third kappa shape index (κ3) is 4.18. The van der Waals surface area contributed by atoms with Crippen molar-refractivity contribution in [3.05, 3.63) is 89.2 Å². The molecule has 0 aliphatic carbocycles. The minimum absolute atomic E-state index is 0.0223. The molecule has 0 atom stereocenters. The maximum Gasteiger partial charge on any atom is 0.371 e. The fourth-order valence-electron chi connectivity index (χ4n) is 3.05. The van der Waals surface area contributed by atoms with Gasteiger partial charge < -0.3 is 4.84 Å². The van der Waals surface area contributed by atoms with Gasteiger partial charge in [0, 0.05) is 5.56 Å². The van der Waals surface area contributed by atoms with Gasteiger partial charge in [-0.1, -0.05) is 65.3 Å². The number of nitrogens with zero attached hydrogens (tertiary/aromatic N) is 4. The maximum atomic E-state index is 13.7. The molecule has 4 aromatic rings. The molecule has 0 N–H and O–H groups in total. The van der Waals surface area contributed by atoms with Crippen LogP contribution in [0, 0.1) is 6.92 Å². The number of hydrogen-bond acceptors (Lipinski definition) is 5. The van der Waals surface area contributed by atoms with E-state index in [-0.39, 0.29) is 16.9 Å². The van der Waals surface area contributed by atoms with Crippen LogP contribution in [0.15, 0.2) is 72.0 Å². The highest BCUT2D eigenvalue weighted by atomic mass is 19.3. The van der Waals surface area contributed by atoms with E-state index in [2.05, 4.69) is 15.2 Å². The van der Waals surface area contributed by atoms with Gasteiger partial charge in [0.15, 0.2) is 5.65 Å². The first kappa shape index (κ1) is 20.3. The Morgan fingerprint density at radius 3 is 2.48 bits per heavy atom. The lowest BCUT2D eigenvalue weighted by Crippen LogP contribution is -2.07. The molecule has 0 saturated carbocycles. The lowest BCUT2D eigenvalue weighted by atomic mass is 10.1. The number of alkyl halides is 2. The van der Waals surface area contributed by atoms with Crippen molar-refractivity contribution < 1.29 is 18.4 Å². The molecule has 0 fully saturated rings. The summed E-state index contributed by atoms with van der Waals surface area (Å²) in [7, 11) is 0. The van der Waals surface area contributed by atoms with Gasteiger partial charge in [0.1, 0.15) is 11.3 Å². The van der Waals surface area contributed by atoms with Crippen molar-refractivity contribution in [3.8, 4) is 11.3 Å². The van der Waals surface area contributed by atoms with Crippen LogP contribution in [0.1, 0.15) is 40.5 Å². The van der Waals surface area contributed by atoms with E-state index in [9.17, 15) is 13.6 Å². The summed E-state index contributed by atoms with van der Waals surface area (Å²) in [4.78, 5) is 22.1. The number of fused-ring (bicyclic) bond motifs is 1. The molecule has 0 radical (unpaired) electrons. The van der Waals surface area contributed by atoms with Crippen LogP contribution < -0.4 is 0 Å². The summed E-state index contributed by atoms with van der Waals surface area (Å²) in [6, 6.07) is 17.7. The number of benzene rings is 2. The third-order valence-electron chi connectivity index (χ3n) is 4.75. The number of carbonyl (C=O) groups excluding carboxylic acids is 1. The van der Waals surface area contributed by atoms with Crippen LogP contribution in [0.2, 0.25) is 0 Å². The molecular weight excluding hydrogens is 402 g/mol. The molecule has 4 rings (SSSR count). The lowest BCUT2D eigenvalue weighted by molar-refractivity contribution is 0.0518. The second-order valence-electron chi connectivity index (χ2n) is 6.95. The van der Waals surface area contributed by atoms with Crippen LogP contribution in [-0.4, -0.2) is 26.3 Å². The quantitative estimate of drug-likeness (QED) is 0.252. The Kier molecular flexibility index (Phi) is 5.53. The Morgan fingerprint density at radius 1 is 1.10 bits per heavy atom. The molecule has 2 aromatic heterocycles. The van der Waals surface area contributed by atoms with Crippen LogP contribution in [0.25, 0.3) is 16.9 Å². The second-order valence-corrected chi connectivity index (χ2v) is 6.95. The minimum atomic E-state index is -2.81. The number of carbonyl (C=O) groups is 1. The summed E-state index contributed by atoms with van der Waals surface area (Å²) in [6.45, 7) is 3.62. The third-order valence-corrected chi connectivity index (χ3v) is 4.75. The Balaban J connectivity index is 1.73. The van der Waals surface area contributed by atoms with Gasteiger partial charge in [-0.15, -0.1) is 0 Å². The fourth-order valence-corrected chi connectivity index (χ4v) is 3.05. The highest BCUT2D eigenvalue weighted by molar-refractivity contribution is 6.00. The van der Waals surface area contributed by atoms with E-state index in [1.54, 1.807) is 19.1 Å². The Bertz CT molecular complexity index is 1270. The maximum absolute atomic E-state index is 13.7. The zero-order valence-electron chi connectivity index (χ0n) is 16.8. The summed E-state index contributed by atoms with van der Waals surface area (Å²) in [6.07, 6.45) is -1.65. The van der Waals surface area contributed by atoms with Crippen molar-refractivity contribution in [2.75, 3.05) is 0 Å². The standard InChI is InChI=1S/C23H18F2N4O2/c1-14-8-10-17(11-9-14)19-12-20(21(24)25)29-22(27-19)18(13-26-29)23(30)31-28-15(2)16-6-4-3-5-7-16/h3-13,21H,1-2H3/b28-15-. The zero-order valence-corrected chi connectivity index (χ0v) is 16.8. The predicted molar refractivity (Wildman–Crippen MR) is 112 cm³/mol. The summed E-state index contributed by atoms with van der Waals surface area (Å²) >= 11 is 0. The first-order valence-corrected chi connectivity index (χ1v) is 9.49. The average molecular weight is 420 g/mol. The summed E-state index contributed by atoms with van der Waals surface area (Å²) < 4.78 is 28.3. The van der Waals surface area contributed by atoms with Crippen LogP contribution >= 0.6 is 0 Å². The molecular formula is C23H18F2N4O2. The molecule has 0 unspecified atom stereocenters. The van der Waals surface area contributed by atoms with Gasteiger partial charge in [0.2, 0.25) is 0 Å². The van der Waals surface area contributed by atoms with Crippen LogP contribution in [0.3, 0.4) is 0 Å². The summed E-state index contributed by atoms with van der Waals surface area (Å²) in [5, 5.41) is 7.78. The molecule has 0 saturated heterocycles. The molecule has 0 bridgehead atoms. The van der Waals surface area contributed by atoms with E-state index >= 15 is 0 Å². The molecule has 6 nitrogen and oxygen atoms in total. The zero-order chi connectivity index (χ0) is 22.0. The monoisotopic (exact) mass is 420 g/mol. The van der Waals surface area contributed by atoms with E-state index in [1.165, 1.54) is 6.07 Å². The van der Waals surface area contributed by atoms with Gasteiger partial charge >= 0.3 is 5.97 Å². The Labute approximate surface area is 176 Å². The highest BCUT2D eigenvalue weighted by Crippen LogP contribution is 2.27. The van der Waals surface area contributed by atoms with Crippen molar-refractivity contribution in [2.45, 2.75) is 20.3 Å². The molecule has 8 heteroatoms. The van der Waals surface area contributed by atoms with Crippen molar-refractivity contribution in [1.29, 1.82) is 0 Å². The Hall–Kier alpha value is -3.94. The van der Waals surface area contributed by atoms with Gasteiger partial charge in [-0.2, -0.15) is 5.10 Å². The van der Waals surface area contributed by atoms with E-state index in [0.29, 0.717) is 17.0 Å². The molecule has 2 aromatic carbocycles. The molecule has 156 valence electrons. The first-order valence-electron chi connectivity index (χ1n) is 9.49.